The zero-order valence-corrected chi connectivity index (χ0v) is 24.5. The first-order chi connectivity index (χ1) is 20.5. The standard InChI is InChI=1S/C33H43N3O6/c37-31(36(21-28-3-1-10-40-28)20-24-4-5-29-30(16-24)42-23-41-29)22-35(7-2-6-34-8-11-39-12-9-34)32(38)33-17-25-13-26(18-33)15-27(14-25)19-33/h1,3-5,10,16,25-27H,2,6-9,11-15,17-23H2. The van der Waals surface area contributed by atoms with E-state index in [-0.39, 0.29) is 30.6 Å². The van der Waals surface area contributed by atoms with Gasteiger partial charge in [-0.25, -0.2) is 0 Å². The molecule has 0 unspecified atom stereocenters. The second kappa shape index (κ2) is 11.9. The van der Waals surface area contributed by atoms with Crippen LogP contribution < -0.4 is 9.47 Å². The van der Waals surface area contributed by atoms with E-state index < -0.39 is 0 Å². The van der Waals surface area contributed by atoms with Gasteiger partial charge < -0.3 is 28.4 Å². The van der Waals surface area contributed by atoms with Gasteiger partial charge in [-0.2, -0.15) is 0 Å². The Kier molecular flexibility index (Phi) is 7.88. The highest BCUT2D eigenvalue weighted by atomic mass is 16.7. The Hall–Kier alpha value is -3.04. The van der Waals surface area contributed by atoms with E-state index in [1.807, 2.05) is 35.2 Å². The predicted octanol–water partition coefficient (Wildman–Crippen LogP) is 4.30. The second-order valence-electron chi connectivity index (χ2n) is 13.2. The number of benzene rings is 1. The molecule has 9 nitrogen and oxygen atoms in total. The van der Waals surface area contributed by atoms with Crippen LogP contribution in [0.2, 0.25) is 0 Å². The molecule has 42 heavy (non-hydrogen) atoms. The molecule has 0 atom stereocenters. The van der Waals surface area contributed by atoms with Gasteiger partial charge >= 0.3 is 0 Å². The molecule has 4 saturated carbocycles. The molecule has 2 amide bonds. The van der Waals surface area contributed by atoms with Crippen molar-refractivity contribution in [1.29, 1.82) is 0 Å². The van der Waals surface area contributed by atoms with E-state index in [0.29, 0.717) is 43.1 Å². The first-order valence-corrected chi connectivity index (χ1v) is 15.8. The fourth-order valence-corrected chi connectivity index (χ4v) is 8.62. The van der Waals surface area contributed by atoms with Gasteiger partial charge in [-0.3, -0.25) is 14.5 Å². The number of fused-ring (bicyclic) bond motifs is 1. The van der Waals surface area contributed by atoms with Gasteiger partial charge in [0.25, 0.3) is 0 Å². The lowest BCUT2D eigenvalue weighted by atomic mass is 9.49. The number of carbonyl (C=O) groups excluding carboxylic acids is 2. The van der Waals surface area contributed by atoms with Crippen molar-refractivity contribution in [3.63, 3.8) is 0 Å². The summed E-state index contributed by atoms with van der Waals surface area (Å²) in [5.74, 6) is 4.31. The number of hydrogen-bond acceptors (Lipinski definition) is 7. The minimum absolute atomic E-state index is 0.0616. The van der Waals surface area contributed by atoms with Crippen LogP contribution in [0.5, 0.6) is 11.5 Å². The van der Waals surface area contributed by atoms with Crippen molar-refractivity contribution >= 4 is 11.8 Å². The zero-order chi connectivity index (χ0) is 28.5. The summed E-state index contributed by atoms with van der Waals surface area (Å²) in [5.41, 5.74) is 0.669. The zero-order valence-electron chi connectivity index (χ0n) is 24.5. The van der Waals surface area contributed by atoms with Crippen LogP contribution in [0.25, 0.3) is 0 Å². The molecule has 0 spiro atoms. The third kappa shape index (κ3) is 5.91. The van der Waals surface area contributed by atoms with Gasteiger partial charge in [0.15, 0.2) is 11.5 Å². The Balaban J connectivity index is 1.09. The van der Waals surface area contributed by atoms with Crippen LogP contribution >= 0.6 is 0 Å². The first kappa shape index (κ1) is 27.8. The van der Waals surface area contributed by atoms with Crippen molar-refractivity contribution in [2.75, 3.05) is 52.7 Å². The monoisotopic (exact) mass is 577 g/mol. The van der Waals surface area contributed by atoms with Crippen molar-refractivity contribution in [3.05, 3.63) is 47.9 Å². The molecule has 4 aliphatic carbocycles. The number of amides is 2. The molecular formula is C33H43N3O6. The summed E-state index contributed by atoms with van der Waals surface area (Å²) in [6, 6.07) is 9.53. The van der Waals surface area contributed by atoms with E-state index in [1.54, 1.807) is 11.2 Å². The molecular weight excluding hydrogens is 534 g/mol. The van der Waals surface area contributed by atoms with Crippen molar-refractivity contribution < 1.29 is 28.2 Å². The van der Waals surface area contributed by atoms with E-state index in [2.05, 4.69) is 4.90 Å². The molecule has 6 aliphatic rings. The summed E-state index contributed by atoms with van der Waals surface area (Å²) in [5, 5.41) is 0. The van der Waals surface area contributed by atoms with Crippen LogP contribution in [0, 0.1) is 23.2 Å². The molecule has 0 radical (unpaired) electrons. The molecule has 9 heteroatoms. The maximum Gasteiger partial charge on any atom is 0.242 e. The Labute approximate surface area is 248 Å². The smallest absolute Gasteiger partial charge is 0.242 e. The first-order valence-electron chi connectivity index (χ1n) is 15.8. The van der Waals surface area contributed by atoms with E-state index in [4.69, 9.17) is 18.6 Å². The van der Waals surface area contributed by atoms with Gasteiger partial charge in [-0.1, -0.05) is 6.07 Å². The van der Waals surface area contributed by atoms with E-state index >= 15 is 0 Å². The molecule has 5 fully saturated rings. The third-order valence-corrected chi connectivity index (χ3v) is 10.2. The topological polar surface area (TPSA) is 84.7 Å². The molecule has 0 N–H and O–H groups in total. The SMILES string of the molecule is O=C(CN(CCCN1CCOCC1)C(=O)C12CC3CC(CC(C3)C1)C2)N(Cc1ccc2c(c1)OCO2)Cc1ccco1. The highest BCUT2D eigenvalue weighted by Crippen LogP contribution is 2.60. The number of carbonyl (C=O) groups is 2. The lowest BCUT2D eigenvalue weighted by Gasteiger charge is -2.56. The molecule has 2 aliphatic heterocycles. The molecule has 1 saturated heterocycles. The van der Waals surface area contributed by atoms with Gasteiger partial charge in [-0.05, 0) is 92.5 Å². The average Bonchev–Trinajstić information content (AvgIpc) is 3.68. The third-order valence-electron chi connectivity index (χ3n) is 10.2. The van der Waals surface area contributed by atoms with Gasteiger partial charge in [0.05, 0.1) is 38.0 Å². The van der Waals surface area contributed by atoms with Crippen LogP contribution in [0.4, 0.5) is 0 Å². The number of rotatable bonds is 11. The second-order valence-corrected chi connectivity index (χ2v) is 13.2. The molecule has 2 aromatic rings. The molecule has 1 aromatic carbocycles. The average molecular weight is 578 g/mol. The van der Waals surface area contributed by atoms with Crippen molar-refractivity contribution in [2.45, 2.75) is 58.0 Å². The fraction of sp³-hybridized carbons (Fsp3) is 0.636. The number of morpholine rings is 1. The van der Waals surface area contributed by atoms with E-state index in [1.165, 1.54) is 19.3 Å². The quantitative estimate of drug-likeness (QED) is 0.394. The summed E-state index contributed by atoms with van der Waals surface area (Å²) in [6.45, 7) is 5.91. The van der Waals surface area contributed by atoms with Crippen LogP contribution in [-0.4, -0.2) is 79.2 Å². The van der Waals surface area contributed by atoms with Crippen LogP contribution in [-0.2, 0) is 27.4 Å². The van der Waals surface area contributed by atoms with Crippen molar-refractivity contribution in [1.82, 2.24) is 14.7 Å². The molecule has 4 bridgehead atoms. The van der Waals surface area contributed by atoms with E-state index in [0.717, 1.165) is 75.6 Å². The number of furan rings is 1. The minimum atomic E-state index is -0.281. The van der Waals surface area contributed by atoms with Crippen LogP contribution in [0.3, 0.4) is 0 Å². The lowest BCUT2D eigenvalue weighted by molar-refractivity contribution is -0.160. The summed E-state index contributed by atoms with van der Waals surface area (Å²) in [6.07, 6.45) is 9.34. The maximum atomic E-state index is 14.5. The Bertz CT molecular complexity index is 1220. The Morgan fingerprint density at radius 3 is 2.36 bits per heavy atom. The molecule has 226 valence electrons. The molecule has 8 rings (SSSR count). The Morgan fingerprint density at radius 1 is 0.905 bits per heavy atom. The number of nitrogens with zero attached hydrogens (tertiary/aromatic N) is 3. The van der Waals surface area contributed by atoms with Gasteiger partial charge in [0.2, 0.25) is 18.6 Å². The van der Waals surface area contributed by atoms with E-state index in [9.17, 15) is 9.59 Å². The molecule has 1 aromatic heterocycles. The maximum absolute atomic E-state index is 14.5. The van der Waals surface area contributed by atoms with Crippen molar-refractivity contribution in [3.8, 4) is 11.5 Å². The Morgan fingerprint density at radius 2 is 1.64 bits per heavy atom. The fourth-order valence-electron chi connectivity index (χ4n) is 8.62. The number of hydrogen-bond donors (Lipinski definition) is 0. The van der Waals surface area contributed by atoms with Crippen molar-refractivity contribution in [2.24, 2.45) is 23.2 Å². The minimum Gasteiger partial charge on any atom is -0.467 e. The summed E-state index contributed by atoms with van der Waals surface area (Å²) >= 11 is 0. The highest BCUT2D eigenvalue weighted by molar-refractivity contribution is 5.88. The van der Waals surface area contributed by atoms with Gasteiger partial charge in [0.1, 0.15) is 5.76 Å². The largest absolute Gasteiger partial charge is 0.467 e. The summed E-state index contributed by atoms with van der Waals surface area (Å²) < 4.78 is 22.2. The summed E-state index contributed by atoms with van der Waals surface area (Å²) in [7, 11) is 0. The normalized spacial score (nSPS) is 27.8. The molecule has 3 heterocycles. The van der Waals surface area contributed by atoms with Gasteiger partial charge in [0, 0.05) is 32.7 Å². The summed E-state index contributed by atoms with van der Waals surface area (Å²) in [4.78, 5) is 34.8. The number of ether oxygens (including phenoxy) is 3. The highest BCUT2D eigenvalue weighted by Gasteiger charge is 2.55. The van der Waals surface area contributed by atoms with Gasteiger partial charge in [-0.15, -0.1) is 0 Å². The lowest BCUT2D eigenvalue weighted by Crippen LogP contribution is -2.56. The van der Waals surface area contributed by atoms with Crippen LogP contribution in [0.1, 0.15) is 56.3 Å². The predicted molar refractivity (Wildman–Crippen MR) is 155 cm³/mol. The van der Waals surface area contributed by atoms with Crippen LogP contribution in [0.15, 0.2) is 41.0 Å².